The minimum Gasteiger partial charge on any atom is -0.367 e. The molecule has 140 valence electrons. The highest BCUT2D eigenvalue weighted by molar-refractivity contribution is 6.07. The van der Waals surface area contributed by atoms with Crippen molar-refractivity contribution >= 4 is 17.4 Å². The standard InChI is InChI=1S/C23H22N4O/c1-15-13-17-9-5-6-10-20(17)27(15)23(28)19-14-21(24-18-11-12-18)26-22(25-19)16-7-3-2-4-8-16/h2-10,14-15,18H,11-13H2,1H3,(H,24,25,26). The number of amides is 1. The number of hydrogen-bond donors (Lipinski definition) is 1. The van der Waals surface area contributed by atoms with Gasteiger partial charge in [0.1, 0.15) is 11.5 Å². The van der Waals surface area contributed by atoms with E-state index < -0.39 is 0 Å². The first-order valence-corrected chi connectivity index (χ1v) is 9.81. The maximum absolute atomic E-state index is 13.5. The van der Waals surface area contributed by atoms with Crippen molar-refractivity contribution in [2.24, 2.45) is 0 Å². The zero-order chi connectivity index (χ0) is 19.1. The van der Waals surface area contributed by atoms with Crippen LogP contribution in [-0.4, -0.2) is 28.0 Å². The molecule has 1 fully saturated rings. The summed E-state index contributed by atoms with van der Waals surface area (Å²) in [6, 6.07) is 20.3. The fourth-order valence-electron chi connectivity index (χ4n) is 3.78. The van der Waals surface area contributed by atoms with E-state index in [0.29, 0.717) is 17.6 Å². The quantitative estimate of drug-likeness (QED) is 0.743. The first-order valence-electron chi connectivity index (χ1n) is 9.81. The summed E-state index contributed by atoms with van der Waals surface area (Å²) in [4.78, 5) is 24.6. The Hall–Kier alpha value is -3.21. The van der Waals surface area contributed by atoms with Crippen molar-refractivity contribution < 1.29 is 4.79 Å². The second-order valence-corrected chi connectivity index (χ2v) is 7.60. The average Bonchev–Trinajstić information content (AvgIpc) is 3.47. The molecule has 1 aliphatic carbocycles. The molecule has 1 aromatic heterocycles. The Bertz CT molecular complexity index is 1030. The highest BCUT2D eigenvalue weighted by atomic mass is 16.2. The molecule has 0 saturated heterocycles. The number of carbonyl (C=O) groups is 1. The van der Waals surface area contributed by atoms with Crippen LogP contribution in [0.3, 0.4) is 0 Å². The van der Waals surface area contributed by atoms with Crippen molar-refractivity contribution in [2.75, 3.05) is 10.2 Å². The van der Waals surface area contributed by atoms with Gasteiger partial charge in [-0.15, -0.1) is 0 Å². The third-order valence-corrected chi connectivity index (χ3v) is 5.33. The number of nitrogens with one attached hydrogen (secondary N) is 1. The summed E-state index contributed by atoms with van der Waals surface area (Å²) in [5.74, 6) is 1.23. The van der Waals surface area contributed by atoms with Crippen LogP contribution < -0.4 is 10.2 Å². The van der Waals surface area contributed by atoms with E-state index in [2.05, 4.69) is 28.3 Å². The molecule has 1 N–H and O–H groups in total. The van der Waals surface area contributed by atoms with E-state index in [0.717, 1.165) is 36.3 Å². The van der Waals surface area contributed by atoms with E-state index >= 15 is 0 Å². The van der Waals surface area contributed by atoms with Gasteiger partial charge in [0.25, 0.3) is 5.91 Å². The van der Waals surface area contributed by atoms with Crippen molar-refractivity contribution in [1.82, 2.24) is 9.97 Å². The highest BCUT2D eigenvalue weighted by Crippen LogP contribution is 2.33. The molecule has 2 aromatic carbocycles. The van der Waals surface area contributed by atoms with Crippen LogP contribution in [0, 0.1) is 0 Å². The van der Waals surface area contributed by atoms with Crippen molar-refractivity contribution in [3.63, 3.8) is 0 Å². The van der Waals surface area contributed by atoms with Crippen molar-refractivity contribution in [3.8, 4) is 11.4 Å². The second-order valence-electron chi connectivity index (χ2n) is 7.60. The van der Waals surface area contributed by atoms with Crippen LogP contribution >= 0.6 is 0 Å². The monoisotopic (exact) mass is 370 g/mol. The third kappa shape index (κ3) is 3.13. The lowest BCUT2D eigenvalue weighted by atomic mass is 10.1. The van der Waals surface area contributed by atoms with Crippen molar-refractivity contribution in [2.45, 2.75) is 38.3 Å². The predicted octanol–water partition coefficient (Wildman–Crippen LogP) is 4.31. The van der Waals surface area contributed by atoms with E-state index in [1.54, 1.807) is 6.07 Å². The Morgan fingerprint density at radius 3 is 2.57 bits per heavy atom. The molecular formula is C23H22N4O. The summed E-state index contributed by atoms with van der Waals surface area (Å²) in [6.07, 6.45) is 3.15. The normalized spacial score (nSPS) is 18.0. The van der Waals surface area contributed by atoms with Crippen LogP contribution in [0.15, 0.2) is 60.7 Å². The fraction of sp³-hybridized carbons (Fsp3) is 0.261. The summed E-state index contributed by atoms with van der Waals surface area (Å²) in [5, 5.41) is 3.42. The minimum atomic E-state index is -0.0733. The van der Waals surface area contributed by atoms with Gasteiger partial charge >= 0.3 is 0 Å². The topological polar surface area (TPSA) is 58.1 Å². The van der Waals surface area contributed by atoms with Crippen LogP contribution in [0.25, 0.3) is 11.4 Å². The SMILES string of the molecule is CC1Cc2ccccc2N1C(=O)c1cc(NC2CC2)nc(-c2ccccc2)n1. The van der Waals surface area contributed by atoms with Gasteiger partial charge in [0.05, 0.1) is 0 Å². The number of fused-ring (bicyclic) bond motifs is 1. The number of hydrogen-bond acceptors (Lipinski definition) is 4. The summed E-state index contributed by atoms with van der Waals surface area (Å²) in [5.41, 5.74) is 3.53. The van der Waals surface area contributed by atoms with Crippen LogP contribution in [0.5, 0.6) is 0 Å². The van der Waals surface area contributed by atoms with Crippen molar-refractivity contribution in [3.05, 3.63) is 71.9 Å². The molecule has 1 amide bonds. The summed E-state index contributed by atoms with van der Waals surface area (Å²) < 4.78 is 0. The van der Waals surface area contributed by atoms with Crippen LogP contribution in [-0.2, 0) is 6.42 Å². The molecular weight excluding hydrogens is 348 g/mol. The van der Waals surface area contributed by atoms with Gasteiger partial charge in [0.2, 0.25) is 0 Å². The molecule has 2 heterocycles. The number of benzene rings is 2. The van der Waals surface area contributed by atoms with Gasteiger partial charge < -0.3 is 10.2 Å². The number of rotatable bonds is 4. The number of aromatic nitrogens is 2. The predicted molar refractivity (Wildman–Crippen MR) is 111 cm³/mol. The lowest BCUT2D eigenvalue weighted by Gasteiger charge is -2.22. The lowest BCUT2D eigenvalue weighted by Crippen LogP contribution is -2.36. The second kappa shape index (κ2) is 6.75. The number of nitrogens with zero attached hydrogens (tertiary/aromatic N) is 3. The van der Waals surface area contributed by atoms with Crippen LogP contribution in [0.1, 0.15) is 35.8 Å². The Kier molecular flexibility index (Phi) is 4.08. The Labute approximate surface area is 164 Å². The van der Waals surface area contributed by atoms with Gasteiger partial charge in [-0.3, -0.25) is 4.79 Å². The molecule has 5 rings (SSSR count). The van der Waals surface area contributed by atoms with Gasteiger partial charge in [-0.2, -0.15) is 0 Å². The van der Waals surface area contributed by atoms with Gasteiger partial charge in [-0.1, -0.05) is 48.5 Å². The fourth-order valence-corrected chi connectivity index (χ4v) is 3.78. The summed E-state index contributed by atoms with van der Waals surface area (Å²) in [7, 11) is 0. The van der Waals surface area contributed by atoms with Gasteiger partial charge in [0, 0.05) is 29.4 Å². The molecule has 1 unspecified atom stereocenters. The third-order valence-electron chi connectivity index (χ3n) is 5.33. The molecule has 28 heavy (non-hydrogen) atoms. The zero-order valence-electron chi connectivity index (χ0n) is 15.8. The van der Waals surface area contributed by atoms with E-state index in [1.165, 1.54) is 5.56 Å². The number of carbonyl (C=O) groups excluding carboxylic acids is 1. The first-order chi connectivity index (χ1) is 13.7. The highest BCUT2D eigenvalue weighted by Gasteiger charge is 2.32. The molecule has 3 aromatic rings. The molecule has 0 radical (unpaired) electrons. The summed E-state index contributed by atoms with van der Waals surface area (Å²) in [6.45, 7) is 2.08. The number of anilines is 2. The smallest absolute Gasteiger partial charge is 0.277 e. The zero-order valence-corrected chi connectivity index (χ0v) is 15.8. The summed E-state index contributed by atoms with van der Waals surface area (Å²) >= 11 is 0. The van der Waals surface area contributed by atoms with Gasteiger partial charge in [-0.25, -0.2) is 9.97 Å². The Morgan fingerprint density at radius 2 is 1.79 bits per heavy atom. The van der Waals surface area contributed by atoms with E-state index in [9.17, 15) is 4.79 Å². The van der Waals surface area contributed by atoms with Gasteiger partial charge in [-0.05, 0) is 37.8 Å². The molecule has 1 saturated carbocycles. The van der Waals surface area contributed by atoms with E-state index in [1.807, 2.05) is 53.4 Å². The molecule has 5 heteroatoms. The molecule has 1 atom stereocenters. The Morgan fingerprint density at radius 1 is 1.04 bits per heavy atom. The first kappa shape index (κ1) is 16.9. The lowest BCUT2D eigenvalue weighted by molar-refractivity contribution is 0.0976. The largest absolute Gasteiger partial charge is 0.367 e. The Balaban J connectivity index is 1.56. The van der Waals surface area contributed by atoms with Crippen molar-refractivity contribution in [1.29, 1.82) is 0 Å². The molecule has 2 aliphatic rings. The molecule has 1 aliphatic heterocycles. The molecule has 0 spiro atoms. The number of para-hydroxylation sites is 1. The molecule has 5 nitrogen and oxygen atoms in total. The van der Waals surface area contributed by atoms with Crippen LogP contribution in [0.2, 0.25) is 0 Å². The van der Waals surface area contributed by atoms with E-state index in [-0.39, 0.29) is 11.9 Å². The maximum atomic E-state index is 13.5. The van der Waals surface area contributed by atoms with E-state index in [4.69, 9.17) is 0 Å². The average molecular weight is 370 g/mol. The molecule has 0 bridgehead atoms. The maximum Gasteiger partial charge on any atom is 0.277 e. The van der Waals surface area contributed by atoms with Gasteiger partial charge in [0.15, 0.2) is 5.82 Å². The minimum absolute atomic E-state index is 0.0733. The van der Waals surface area contributed by atoms with Crippen LogP contribution in [0.4, 0.5) is 11.5 Å².